The molecule has 2 N–H and O–H groups in total. The Morgan fingerprint density at radius 3 is 2.40 bits per heavy atom. The van der Waals surface area contributed by atoms with Gasteiger partial charge in [0.1, 0.15) is 0 Å². The summed E-state index contributed by atoms with van der Waals surface area (Å²) in [5, 5.41) is 5.71. The molecule has 2 saturated heterocycles. The molecule has 2 aliphatic heterocycles. The fraction of sp³-hybridized carbons (Fsp3) is 0.538. The zero-order chi connectivity index (χ0) is 24.6. The van der Waals surface area contributed by atoms with E-state index in [1.165, 1.54) is 30.8 Å². The van der Waals surface area contributed by atoms with Gasteiger partial charge in [0.05, 0.1) is 5.56 Å². The summed E-state index contributed by atoms with van der Waals surface area (Å²) < 4.78 is 0. The molecule has 9 heteroatoms. The zero-order valence-electron chi connectivity index (χ0n) is 20.8. The lowest BCUT2D eigenvalue weighted by molar-refractivity contribution is 0.0962. The first-order chi connectivity index (χ1) is 17.0. The van der Waals surface area contributed by atoms with Gasteiger partial charge in [-0.1, -0.05) is 30.3 Å². The number of nitrogens with zero attached hydrogens (tertiary/aromatic N) is 5. The molecule has 188 valence electrons. The van der Waals surface area contributed by atoms with Crippen LogP contribution in [0.15, 0.2) is 42.7 Å². The Kier molecular flexibility index (Phi) is 8.52. The number of anilines is 1. The third-order valence-corrected chi connectivity index (χ3v) is 7.08. The van der Waals surface area contributed by atoms with E-state index in [0.29, 0.717) is 37.1 Å². The van der Waals surface area contributed by atoms with Crippen LogP contribution in [0, 0.1) is 5.92 Å². The summed E-state index contributed by atoms with van der Waals surface area (Å²) in [6.07, 6.45) is 6.49. The van der Waals surface area contributed by atoms with Gasteiger partial charge in [-0.15, -0.1) is 0 Å². The highest BCUT2D eigenvalue weighted by molar-refractivity contribution is 5.93. The number of piperazine rings is 1. The molecule has 35 heavy (non-hydrogen) atoms. The van der Waals surface area contributed by atoms with Gasteiger partial charge in [-0.25, -0.2) is 14.8 Å². The first-order valence-corrected chi connectivity index (χ1v) is 12.6. The summed E-state index contributed by atoms with van der Waals surface area (Å²) >= 11 is 0. The van der Waals surface area contributed by atoms with E-state index in [4.69, 9.17) is 0 Å². The van der Waals surface area contributed by atoms with Gasteiger partial charge in [-0.2, -0.15) is 0 Å². The van der Waals surface area contributed by atoms with Crippen molar-refractivity contribution in [1.82, 2.24) is 30.4 Å². The van der Waals surface area contributed by atoms with Crippen molar-refractivity contribution in [3.63, 3.8) is 0 Å². The van der Waals surface area contributed by atoms with Crippen LogP contribution in [-0.4, -0.2) is 84.1 Å². The number of likely N-dealkylation sites (tertiary alicyclic amines) is 1. The molecule has 0 radical (unpaired) electrons. The normalized spacial score (nSPS) is 19.4. The SMILES string of the molecule is CNC(=O)c1cnc(N2CCN(C(=O)NCCC3CCN(Cc4ccccc4)CC3)[C@H](C)C2)nc1. The number of piperidine rings is 1. The fourth-order valence-corrected chi connectivity index (χ4v) is 4.95. The van der Waals surface area contributed by atoms with Crippen LogP contribution in [0.25, 0.3) is 0 Å². The second-order valence-electron chi connectivity index (χ2n) is 9.57. The van der Waals surface area contributed by atoms with E-state index >= 15 is 0 Å². The van der Waals surface area contributed by atoms with Crippen molar-refractivity contribution in [2.24, 2.45) is 5.92 Å². The molecule has 0 bridgehead atoms. The van der Waals surface area contributed by atoms with Crippen LogP contribution in [0.2, 0.25) is 0 Å². The van der Waals surface area contributed by atoms with Crippen molar-refractivity contribution in [3.05, 3.63) is 53.9 Å². The molecule has 2 fully saturated rings. The molecule has 9 nitrogen and oxygen atoms in total. The van der Waals surface area contributed by atoms with Gasteiger partial charge in [0, 0.05) is 58.2 Å². The Balaban J connectivity index is 1.15. The summed E-state index contributed by atoms with van der Waals surface area (Å²) in [7, 11) is 1.58. The van der Waals surface area contributed by atoms with E-state index < -0.39 is 0 Å². The standard InChI is InChI=1S/C26H37N7O2/c1-20-18-32(25-29-16-23(17-30-25)24(34)27-2)14-15-33(20)26(35)28-11-8-21-9-12-31(13-10-21)19-22-6-4-3-5-7-22/h3-7,16-17,20-21H,8-15,18-19H2,1-2H3,(H,27,34)(H,28,35)/t20-/m1/s1. The number of carbonyl (C=O) groups is 2. The quantitative estimate of drug-likeness (QED) is 0.633. The highest BCUT2D eigenvalue weighted by Crippen LogP contribution is 2.22. The van der Waals surface area contributed by atoms with Crippen LogP contribution in [0.4, 0.5) is 10.7 Å². The molecule has 2 aromatic rings. The lowest BCUT2D eigenvalue weighted by Crippen LogP contribution is -2.57. The first-order valence-electron chi connectivity index (χ1n) is 12.6. The fourth-order valence-electron chi connectivity index (χ4n) is 4.95. The smallest absolute Gasteiger partial charge is 0.317 e. The summed E-state index contributed by atoms with van der Waals surface area (Å²) in [6.45, 7) is 7.98. The molecule has 0 unspecified atom stereocenters. The van der Waals surface area contributed by atoms with Crippen molar-refractivity contribution in [3.8, 4) is 0 Å². The van der Waals surface area contributed by atoms with Crippen LogP contribution in [0.1, 0.15) is 42.1 Å². The Hall–Kier alpha value is -3.20. The van der Waals surface area contributed by atoms with E-state index in [-0.39, 0.29) is 18.0 Å². The Bertz CT molecular complexity index is 961. The number of nitrogens with one attached hydrogen (secondary N) is 2. The second kappa shape index (κ2) is 12.0. The van der Waals surface area contributed by atoms with Gasteiger partial charge in [0.15, 0.2) is 0 Å². The summed E-state index contributed by atoms with van der Waals surface area (Å²) in [5.41, 5.74) is 1.81. The van der Waals surface area contributed by atoms with Crippen LogP contribution in [0.3, 0.4) is 0 Å². The first kappa shape index (κ1) is 24.9. The van der Waals surface area contributed by atoms with Gasteiger partial charge in [0.2, 0.25) is 5.95 Å². The highest BCUT2D eigenvalue weighted by Gasteiger charge is 2.29. The molecule has 1 aromatic heterocycles. The van der Waals surface area contributed by atoms with Crippen LogP contribution >= 0.6 is 0 Å². The van der Waals surface area contributed by atoms with E-state index in [0.717, 1.165) is 32.6 Å². The van der Waals surface area contributed by atoms with Gasteiger partial charge >= 0.3 is 6.03 Å². The monoisotopic (exact) mass is 479 g/mol. The Labute approximate surface area is 207 Å². The maximum absolute atomic E-state index is 12.8. The van der Waals surface area contributed by atoms with Crippen LogP contribution in [0.5, 0.6) is 0 Å². The van der Waals surface area contributed by atoms with E-state index in [1.54, 1.807) is 7.05 Å². The number of hydrogen-bond donors (Lipinski definition) is 2. The second-order valence-corrected chi connectivity index (χ2v) is 9.57. The number of carbonyl (C=O) groups excluding carboxylic acids is 2. The van der Waals surface area contributed by atoms with Crippen molar-refractivity contribution in [2.75, 3.05) is 51.2 Å². The average Bonchev–Trinajstić information content (AvgIpc) is 2.90. The molecular weight excluding hydrogens is 442 g/mol. The molecule has 0 saturated carbocycles. The van der Waals surface area contributed by atoms with Crippen molar-refractivity contribution in [2.45, 2.75) is 38.8 Å². The van der Waals surface area contributed by atoms with Crippen LogP contribution < -0.4 is 15.5 Å². The van der Waals surface area contributed by atoms with Gasteiger partial charge in [-0.05, 0) is 50.8 Å². The topological polar surface area (TPSA) is 93.7 Å². The summed E-state index contributed by atoms with van der Waals surface area (Å²) in [5.74, 6) is 1.05. The minimum absolute atomic E-state index is 0.00884. The number of amides is 3. The van der Waals surface area contributed by atoms with Crippen LogP contribution in [-0.2, 0) is 6.54 Å². The lowest BCUT2D eigenvalue weighted by atomic mass is 9.93. The van der Waals surface area contributed by atoms with Crippen molar-refractivity contribution in [1.29, 1.82) is 0 Å². The maximum atomic E-state index is 12.8. The number of rotatable bonds is 7. The lowest BCUT2D eigenvalue weighted by Gasteiger charge is -2.39. The largest absolute Gasteiger partial charge is 0.355 e. The van der Waals surface area contributed by atoms with Crippen molar-refractivity contribution < 1.29 is 9.59 Å². The number of urea groups is 1. The predicted octanol–water partition coefficient (Wildman–Crippen LogP) is 2.36. The molecule has 2 aliphatic rings. The number of aromatic nitrogens is 2. The zero-order valence-corrected chi connectivity index (χ0v) is 20.8. The van der Waals surface area contributed by atoms with Crippen molar-refractivity contribution >= 4 is 17.9 Å². The third kappa shape index (κ3) is 6.69. The molecule has 1 atom stereocenters. The number of hydrogen-bond acceptors (Lipinski definition) is 6. The molecule has 3 heterocycles. The molecule has 3 amide bonds. The Morgan fingerprint density at radius 1 is 1.03 bits per heavy atom. The molecule has 1 aromatic carbocycles. The highest BCUT2D eigenvalue weighted by atomic mass is 16.2. The average molecular weight is 480 g/mol. The van der Waals surface area contributed by atoms with Gasteiger partial charge in [-0.3, -0.25) is 9.69 Å². The predicted molar refractivity (Wildman–Crippen MR) is 136 cm³/mol. The Morgan fingerprint density at radius 2 is 1.74 bits per heavy atom. The third-order valence-electron chi connectivity index (χ3n) is 7.08. The van der Waals surface area contributed by atoms with E-state index in [2.05, 4.69) is 60.7 Å². The number of benzene rings is 1. The minimum Gasteiger partial charge on any atom is -0.355 e. The minimum atomic E-state index is -0.204. The molecule has 0 spiro atoms. The molecule has 4 rings (SSSR count). The molecular formula is C26H37N7O2. The summed E-state index contributed by atoms with van der Waals surface area (Å²) in [4.78, 5) is 39.7. The van der Waals surface area contributed by atoms with Gasteiger partial charge in [0.25, 0.3) is 5.91 Å². The molecule has 0 aliphatic carbocycles. The maximum Gasteiger partial charge on any atom is 0.317 e. The van der Waals surface area contributed by atoms with Gasteiger partial charge < -0.3 is 20.4 Å². The van der Waals surface area contributed by atoms with E-state index in [1.807, 2.05) is 11.8 Å². The summed E-state index contributed by atoms with van der Waals surface area (Å²) in [6, 6.07) is 10.7. The van der Waals surface area contributed by atoms with E-state index in [9.17, 15) is 9.59 Å².